The molecule has 29 heavy (non-hydrogen) atoms. The quantitative estimate of drug-likeness (QED) is 0.482. The molecule has 148 valence electrons. The number of aromatic amines is 1. The maximum absolute atomic E-state index is 13.5. The second-order valence-corrected chi connectivity index (χ2v) is 9.40. The third kappa shape index (κ3) is 2.30. The van der Waals surface area contributed by atoms with Gasteiger partial charge in [-0.05, 0) is 30.0 Å². The predicted molar refractivity (Wildman–Crippen MR) is 111 cm³/mol. The first-order chi connectivity index (χ1) is 13.6. The van der Waals surface area contributed by atoms with Crippen molar-refractivity contribution in [3.63, 3.8) is 0 Å². The van der Waals surface area contributed by atoms with Gasteiger partial charge in [0, 0.05) is 33.4 Å². The van der Waals surface area contributed by atoms with E-state index < -0.39 is 16.9 Å². The minimum absolute atomic E-state index is 0.0604. The number of hydrogen-bond donors (Lipinski definition) is 4. The van der Waals surface area contributed by atoms with Crippen molar-refractivity contribution < 1.29 is 9.59 Å². The number of nitrogens with two attached hydrogens (primary N) is 1. The Bertz CT molecular complexity index is 1230. The van der Waals surface area contributed by atoms with Crippen LogP contribution in [0.25, 0.3) is 0 Å². The highest BCUT2D eigenvalue weighted by Crippen LogP contribution is 2.55. The number of halogens is 1. The molecule has 0 saturated heterocycles. The second kappa shape index (κ2) is 5.56. The minimum Gasteiger partial charge on any atom is -0.369 e. The summed E-state index contributed by atoms with van der Waals surface area (Å²) in [6, 6.07) is 5.33. The lowest BCUT2D eigenvalue weighted by molar-refractivity contribution is -0.123. The van der Waals surface area contributed by atoms with Gasteiger partial charge in [0.05, 0.1) is 5.56 Å². The van der Waals surface area contributed by atoms with Crippen molar-refractivity contribution in [3.05, 3.63) is 55.4 Å². The van der Waals surface area contributed by atoms with Crippen molar-refractivity contribution in [3.8, 4) is 0 Å². The average molecular weight is 456 g/mol. The Morgan fingerprint density at radius 3 is 2.66 bits per heavy atom. The summed E-state index contributed by atoms with van der Waals surface area (Å²) in [6.45, 7) is 3.99. The number of nitrogen functional groups attached to an aromatic ring is 1. The van der Waals surface area contributed by atoms with Gasteiger partial charge in [0.2, 0.25) is 11.9 Å². The molecule has 2 aliphatic heterocycles. The Labute approximate surface area is 174 Å². The number of amides is 1. The first-order valence-corrected chi connectivity index (χ1v) is 9.98. The highest BCUT2D eigenvalue weighted by Gasteiger charge is 2.60. The zero-order valence-corrected chi connectivity index (χ0v) is 17.4. The molecule has 3 aliphatic rings. The Balaban J connectivity index is 1.95. The van der Waals surface area contributed by atoms with Gasteiger partial charge in [-0.1, -0.05) is 29.8 Å². The molecule has 3 heterocycles. The molecule has 0 fully saturated rings. The molecule has 1 unspecified atom stereocenters. The van der Waals surface area contributed by atoms with Gasteiger partial charge in [-0.15, -0.1) is 0 Å². The van der Waals surface area contributed by atoms with E-state index in [1.165, 1.54) is 0 Å². The number of rotatable bonds is 0. The van der Waals surface area contributed by atoms with Gasteiger partial charge in [-0.3, -0.25) is 19.4 Å². The molecule has 0 radical (unpaired) electrons. The summed E-state index contributed by atoms with van der Waals surface area (Å²) in [4.78, 5) is 46.7. The SMILES string of the molecule is CC1(C)CC(=O)C2=C(C1)Nc1nc(N)[nH]c(=O)c1C21C(=O)Nc2ccc(Br)cc21. The molecule has 1 spiro atoms. The average Bonchev–Trinajstić information content (AvgIpc) is 2.85. The Morgan fingerprint density at radius 1 is 1.14 bits per heavy atom. The van der Waals surface area contributed by atoms with Crippen molar-refractivity contribution in [1.82, 2.24) is 9.97 Å². The first kappa shape index (κ1) is 18.1. The first-order valence-electron chi connectivity index (χ1n) is 9.19. The number of nitrogens with zero attached hydrogens (tertiary/aromatic N) is 1. The molecule has 5 rings (SSSR count). The zero-order valence-electron chi connectivity index (χ0n) is 15.8. The monoisotopic (exact) mass is 455 g/mol. The molecule has 0 saturated carbocycles. The number of ketones is 1. The number of Topliss-reactive ketones (excluding diaryl/α,β-unsaturated/α-hetero) is 1. The molecule has 5 N–H and O–H groups in total. The summed E-state index contributed by atoms with van der Waals surface area (Å²) >= 11 is 3.45. The molecular weight excluding hydrogens is 438 g/mol. The van der Waals surface area contributed by atoms with Crippen molar-refractivity contribution in [2.24, 2.45) is 5.41 Å². The highest BCUT2D eigenvalue weighted by atomic mass is 79.9. The lowest BCUT2D eigenvalue weighted by atomic mass is 9.61. The van der Waals surface area contributed by atoms with E-state index in [2.05, 4.69) is 36.5 Å². The molecule has 1 atom stereocenters. The summed E-state index contributed by atoms with van der Waals surface area (Å²) in [5, 5.41) is 6.00. The van der Waals surface area contributed by atoms with Gasteiger partial charge < -0.3 is 16.4 Å². The highest BCUT2D eigenvalue weighted by molar-refractivity contribution is 9.10. The third-order valence-corrected chi connectivity index (χ3v) is 6.30. The molecule has 9 heteroatoms. The third-order valence-electron chi connectivity index (χ3n) is 5.81. The van der Waals surface area contributed by atoms with Crippen LogP contribution in [0.4, 0.5) is 17.5 Å². The summed E-state index contributed by atoms with van der Waals surface area (Å²) in [7, 11) is 0. The molecule has 0 bridgehead atoms. The van der Waals surface area contributed by atoms with Crippen LogP contribution in [0.2, 0.25) is 0 Å². The lowest BCUT2D eigenvalue weighted by Crippen LogP contribution is -2.50. The number of anilines is 3. The summed E-state index contributed by atoms with van der Waals surface area (Å²) in [5.74, 6) is -0.451. The number of allylic oxidation sites excluding steroid dienone is 1. The normalized spacial score (nSPS) is 24.0. The van der Waals surface area contributed by atoms with E-state index in [4.69, 9.17) is 5.73 Å². The van der Waals surface area contributed by atoms with Crippen molar-refractivity contribution in [2.75, 3.05) is 16.4 Å². The Hall–Kier alpha value is -2.94. The van der Waals surface area contributed by atoms with Gasteiger partial charge in [-0.25, -0.2) is 0 Å². The summed E-state index contributed by atoms with van der Waals surface area (Å²) < 4.78 is 0.734. The van der Waals surface area contributed by atoms with Crippen molar-refractivity contribution >= 4 is 45.1 Å². The molecule has 2 aromatic rings. The Kier molecular flexibility index (Phi) is 3.48. The van der Waals surface area contributed by atoms with Gasteiger partial charge in [0.1, 0.15) is 11.2 Å². The van der Waals surface area contributed by atoms with E-state index in [0.717, 1.165) is 4.47 Å². The smallest absolute Gasteiger partial charge is 0.259 e. The number of fused-ring (bicyclic) bond motifs is 5. The lowest BCUT2D eigenvalue weighted by Gasteiger charge is -2.42. The topological polar surface area (TPSA) is 130 Å². The van der Waals surface area contributed by atoms with Crippen molar-refractivity contribution in [2.45, 2.75) is 32.1 Å². The van der Waals surface area contributed by atoms with Crippen LogP contribution in [0.15, 0.2) is 38.7 Å². The van der Waals surface area contributed by atoms with Crippen molar-refractivity contribution in [1.29, 1.82) is 0 Å². The molecule has 1 aromatic carbocycles. The zero-order chi connectivity index (χ0) is 20.7. The van der Waals surface area contributed by atoms with Crippen LogP contribution in [-0.4, -0.2) is 21.7 Å². The van der Waals surface area contributed by atoms with Crippen LogP contribution in [0.5, 0.6) is 0 Å². The molecule has 1 aliphatic carbocycles. The van der Waals surface area contributed by atoms with E-state index in [1.807, 2.05) is 13.8 Å². The number of aromatic nitrogens is 2. The fourth-order valence-electron chi connectivity index (χ4n) is 4.83. The van der Waals surface area contributed by atoms with Gasteiger partial charge in [0.15, 0.2) is 5.78 Å². The molecule has 1 amide bonds. The standard InChI is InChI=1S/C20H18BrN5O3/c1-19(2)6-11-13(12(27)7-19)20(14-15(23-11)25-18(22)26-16(14)28)9-5-8(21)3-4-10(9)24-17(20)29/h3-5H,6-7H2,1-2H3,(H,24,29)(H4,22,23,25,26,28). The van der Waals surface area contributed by atoms with E-state index >= 15 is 0 Å². The fourth-order valence-corrected chi connectivity index (χ4v) is 5.19. The molecule has 8 nitrogen and oxygen atoms in total. The summed E-state index contributed by atoms with van der Waals surface area (Å²) in [5.41, 5.74) is 5.50. The van der Waals surface area contributed by atoms with E-state index in [0.29, 0.717) is 28.9 Å². The predicted octanol–water partition coefficient (Wildman–Crippen LogP) is 2.42. The number of benzene rings is 1. The van der Waals surface area contributed by atoms with Crippen LogP contribution in [0.3, 0.4) is 0 Å². The van der Waals surface area contributed by atoms with Crippen LogP contribution in [0, 0.1) is 5.41 Å². The minimum atomic E-state index is -1.57. The van der Waals surface area contributed by atoms with Crippen LogP contribution < -0.4 is 21.9 Å². The molecule has 1 aromatic heterocycles. The summed E-state index contributed by atoms with van der Waals surface area (Å²) in [6.07, 6.45) is 0.821. The number of hydrogen-bond acceptors (Lipinski definition) is 6. The maximum Gasteiger partial charge on any atom is 0.259 e. The Morgan fingerprint density at radius 2 is 1.90 bits per heavy atom. The number of H-pyrrole nitrogens is 1. The van der Waals surface area contributed by atoms with E-state index in [9.17, 15) is 14.4 Å². The van der Waals surface area contributed by atoms with Crippen LogP contribution in [0.1, 0.15) is 37.8 Å². The molecular formula is C20H18BrN5O3. The van der Waals surface area contributed by atoms with E-state index in [-0.39, 0.29) is 34.9 Å². The largest absolute Gasteiger partial charge is 0.369 e. The van der Waals surface area contributed by atoms with Gasteiger partial charge in [0.25, 0.3) is 5.56 Å². The number of nitrogens with one attached hydrogen (secondary N) is 3. The van der Waals surface area contributed by atoms with Gasteiger partial charge in [-0.2, -0.15) is 4.98 Å². The van der Waals surface area contributed by atoms with Crippen LogP contribution in [-0.2, 0) is 15.0 Å². The number of carbonyl (C=O) groups is 2. The maximum atomic E-state index is 13.5. The second-order valence-electron chi connectivity index (χ2n) is 8.49. The van der Waals surface area contributed by atoms with Gasteiger partial charge >= 0.3 is 0 Å². The fraction of sp³-hybridized carbons (Fsp3) is 0.300. The number of carbonyl (C=O) groups excluding carboxylic acids is 2. The van der Waals surface area contributed by atoms with E-state index in [1.54, 1.807) is 18.2 Å². The van der Waals surface area contributed by atoms with Crippen LogP contribution >= 0.6 is 15.9 Å².